The maximum atomic E-state index is 13.1. The zero-order chi connectivity index (χ0) is 25.5. The number of rotatable bonds is 10. The van der Waals surface area contributed by atoms with Crippen LogP contribution >= 0.6 is 0 Å². The van der Waals surface area contributed by atoms with Crippen molar-refractivity contribution in [1.82, 2.24) is 19.8 Å². The van der Waals surface area contributed by atoms with Gasteiger partial charge < -0.3 is 14.6 Å². The van der Waals surface area contributed by atoms with Gasteiger partial charge in [0, 0.05) is 68.7 Å². The van der Waals surface area contributed by atoms with Crippen LogP contribution in [0.25, 0.3) is 16.6 Å². The molecule has 0 spiro atoms. The molecule has 1 aliphatic rings. The molecule has 0 atom stereocenters. The Balaban J connectivity index is 1.24. The highest BCUT2D eigenvalue weighted by Crippen LogP contribution is 2.25. The number of aryl methyl sites for hydroxylation is 1. The smallest absolute Gasteiger partial charge is 0.253 e. The first-order chi connectivity index (χ1) is 18.2. The summed E-state index contributed by atoms with van der Waals surface area (Å²) in [5, 5.41) is 4.00. The number of Topliss-reactive ketones (excluding diaryl/α,β-unsaturated/α-hetero) is 1. The molecule has 4 aromatic rings. The molecule has 5 rings (SSSR count). The summed E-state index contributed by atoms with van der Waals surface area (Å²) in [6, 6.07) is 19.8. The van der Waals surface area contributed by atoms with Gasteiger partial charge in [0.1, 0.15) is 5.78 Å². The lowest BCUT2D eigenvalue weighted by Crippen LogP contribution is -2.41. The number of aromatic nitrogens is 2. The van der Waals surface area contributed by atoms with Crippen molar-refractivity contribution < 1.29 is 14.3 Å². The van der Waals surface area contributed by atoms with Gasteiger partial charge in [-0.15, -0.1) is 0 Å². The van der Waals surface area contributed by atoms with Crippen LogP contribution in [0, 0.1) is 0 Å². The maximum absolute atomic E-state index is 13.1. The van der Waals surface area contributed by atoms with E-state index in [4.69, 9.17) is 4.74 Å². The predicted octanol–water partition coefficient (Wildman–Crippen LogP) is 3.83. The quantitative estimate of drug-likeness (QED) is 0.361. The Morgan fingerprint density at radius 2 is 1.76 bits per heavy atom. The number of carbonyl (C=O) groups excluding carboxylic acids is 2. The minimum absolute atomic E-state index is 0.0703. The maximum Gasteiger partial charge on any atom is 0.253 e. The molecule has 2 aromatic carbocycles. The predicted molar refractivity (Wildman–Crippen MR) is 144 cm³/mol. The first kappa shape index (κ1) is 24.9. The topological polar surface area (TPSA) is 76.5 Å². The monoisotopic (exact) mass is 496 g/mol. The molecule has 1 amide bonds. The third-order valence-corrected chi connectivity index (χ3v) is 6.80. The number of fused-ring (bicyclic) bond motifs is 1. The molecule has 0 aliphatic carbocycles. The van der Waals surface area contributed by atoms with Crippen LogP contribution in [0.5, 0.6) is 0 Å². The largest absolute Gasteiger partial charge is 0.379 e. The van der Waals surface area contributed by atoms with Gasteiger partial charge in [-0.1, -0.05) is 36.4 Å². The van der Waals surface area contributed by atoms with Crippen molar-refractivity contribution in [2.75, 3.05) is 39.4 Å². The molecule has 2 aromatic heterocycles. The van der Waals surface area contributed by atoms with E-state index in [9.17, 15) is 9.59 Å². The minimum atomic E-state index is -0.0703. The molecule has 0 radical (unpaired) electrons. The fraction of sp³-hybridized carbons (Fsp3) is 0.300. The molecule has 0 bridgehead atoms. The molecule has 7 nitrogen and oxygen atoms in total. The zero-order valence-electron chi connectivity index (χ0n) is 20.9. The lowest BCUT2D eigenvalue weighted by atomic mass is 10.0. The molecule has 0 saturated carbocycles. The van der Waals surface area contributed by atoms with E-state index in [1.165, 1.54) is 0 Å². The van der Waals surface area contributed by atoms with E-state index >= 15 is 0 Å². The second-order valence-electron chi connectivity index (χ2n) is 9.38. The standard InChI is InChI=1S/C30H32N4O3/c35-26(12-9-24-4-3-13-31-21-24)20-23-7-10-25(11-8-23)34-22-28(27-5-1-2-6-29(27)34)30(36)32-14-15-33-16-18-37-19-17-33/h1-8,10-11,13,21-22H,9,12,14-20H2,(H,32,36). The van der Waals surface area contributed by atoms with Gasteiger partial charge in [-0.25, -0.2) is 0 Å². The van der Waals surface area contributed by atoms with E-state index in [-0.39, 0.29) is 11.7 Å². The van der Waals surface area contributed by atoms with Gasteiger partial charge in [-0.3, -0.25) is 19.5 Å². The summed E-state index contributed by atoms with van der Waals surface area (Å²) in [5.74, 6) is 0.137. The fourth-order valence-corrected chi connectivity index (χ4v) is 4.74. The second kappa shape index (κ2) is 12.0. The van der Waals surface area contributed by atoms with Crippen LogP contribution in [0.3, 0.4) is 0 Å². The van der Waals surface area contributed by atoms with Crippen molar-refractivity contribution >= 4 is 22.6 Å². The third-order valence-electron chi connectivity index (χ3n) is 6.80. The Bertz CT molecular complexity index is 1340. The molecule has 190 valence electrons. The number of para-hydroxylation sites is 1. The van der Waals surface area contributed by atoms with E-state index in [1.807, 2.05) is 77.6 Å². The SMILES string of the molecule is O=C(CCc1cccnc1)Cc1ccc(-n2cc(C(=O)NCCN3CCOCC3)c3ccccc32)cc1. The number of morpholine rings is 1. The van der Waals surface area contributed by atoms with E-state index < -0.39 is 0 Å². The van der Waals surface area contributed by atoms with Crippen molar-refractivity contribution in [2.24, 2.45) is 0 Å². The number of pyridine rings is 1. The first-order valence-corrected chi connectivity index (χ1v) is 12.9. The number of benzene rings is 2. The summed E-state index contributed by atoms with van der Waals surface area (Å²) in [4.78, 5) is 32.0. The number of hydrogen-bond acceptors (Lipinski definition) is 5. The molecular formula is C30H32N4O3. The Morgan fingerprint density at radius 3 is 2.54 bits per heavy atom. The molecule has 1 aliphatic heterocycles. The van der Waals surface area contributed by atoms with Crippen LogP contribution in [-0.2, 0) is 22.4 Å². The summed E-state index contributed by atoms with van der Waals surface area (Å²) in [5.41, 5.74) is 4.65. The van der Waals surface area contributed by atoms with Crippen LogP contribution in [-0.4, -0.2) is 65.5 Å². The molecule has 0 unspecified atom stereocenters. The minimum Gasteiger partial charge on any atom is -0.379 e. The summed E-state index contributed by atoms with van der Waals surface area (Å²) in [6.45, 7) is 4.72. The molecule has 3 heterocycles. The Hall–Kier alpha value is -3.81. The number of nitrogens with one attached hydrogen (secondary N) is 1. The Kier molecular flexibility index (Phi) is 8.03. The normalized spacial score (nSPS) is 14.1. The number of hydrogen-bond donors (Lipinski definition) is 1. The molecular weight excluding hydrogens is 464 g/mol. The number of carbonyl (C=O) groups is 2. The third kappa shape index (κ3) is 6.31. The van der Waals surface area contributed by atoms with Gasteiger partial charge in [0.15, 0.2) is 0 Å². The van der Waals surface area contributed by atoms with Gasteiger partial charge in [0.25, 0.3) is 5.91 Å². The van der Waals surface area contributed by atoms with Gasteiger partial charge in [0.2, 0.25) is 0 Å². The highest BCUT2D eigenvalue weighted by Gasteiger charge is 2.17. The van der Waals surface area contributed by atoms with Gasteiger partial charge in [-0.05, 0) is 41.8 Å². The number of nitrogens with zero attached hydrogens (tertiary/aromatic N) is 3. The molecule has 7 heteroatoms. The number of ketones is 1. The van der Waals surface area contributed by atoms with Crippen LogP contribution in [0.2, 0.25) is 0 Å². The average molecular weight is 497 g/mol. The lowest BCUT2D eigenvalue weighted by Gasteiger charge is -2.26. The van der Waals surface area contributed by atoms with Crippen molar-refractivity contribution in [3.63, 3.8) is 0 Å². The Labute approximate surface area is 217 Å². The van der Waals surface area contributed by atoms with Gasteiger partial charge >= 0.3 is 0 Å². The second-order valence-corrected chi connectivity index (χ2v) is 9.38. The van der Waals surface area contributed by atoms with E-state index in [0.29, 0.717) is 31.4 Å². The molecule has 1 fully saturated rings. The summed E-state index contributed by atoms with van der Waals surface area (Å²) < 4.78 is 7.43. The van der Waals surface area contributed by atoms with Crippen LogP contribution in [0.15, 0.2) is 79.3 Å². The van der Waals surface area contributed by atoms with E-state index in [0.717, 1.165) is 60.6 Å². The van der Waals surface area contributed by atoms with E-state index in [1.54, 1.807) is 6.20 Å². The van der Waals surface area contributed by atoms with Crippen LogP contribution in [0.4, 0.5) is 0 Å². The summed E-state index contributed by atoms with van der Waals surface area (Å²) in [6.07, 6.45) is 7.06. The molecule has 37 heavy (non-hydrogen) atoms. The number of ether oxygens (including phenoxy) is 1. The lowest BCUT2D eigenvalue weighted by molar-refractivity contribution is -0.118. The van der Waals surface area contributed by atoms with Crippen molar-refractivity contribution in [1.29, 1.82) is 0 Å². The van der Waals surface area contributed by atoms with Crippen LogP contribution < -0.4 is 5.32 Å². The highest BCUT2D eigenvalue weighted by atomic mass is 16.5. The van der Waals surface area contributed by atoms with Crippen LogP contribution in [0.1, 0.15) is 27.9 Å². The molecule has 1 N–H and O–H groups in total. The fourth-order valence-electron chi connectivity index (χ4n) is 4.74. The van der Waals surface area contributed by atoms with Gasteiger partial charge in [-0.2, -0.15) is 0 Å². The van der Waals surface area contributed by atoms with Crippen molar-refractivity contribution in [3.8, 4) is 5.69 Å². The van der Waals surface area contributed by atoms with Crippen molar-refractivity contribution in [2.45, 2.75) is 19.3 Å². The first-order valence-electron chi connectivity index (χ1n) is 12.9. The molecule has 1 saturated heterocycles. The Morgan fingerprint density at radius 1 is 0.946 bits per heavy atom. The summed E-state index contributed by atoms with van der Waals surface area (Å²) >= 11 is 0. The van der Waals surface area contributed by atoms with Gasteiger partial charge in [0.05, 0.1) is 24.3 Å². The van der Waals surface area contributed by atoms with E-state index in [2.05, 4.69) is 15.2 Å². The van der Waals surface area contributed by atoms with Crippen molar-refractivity contribution in [3.05, 3.63) is 95.9 Å². The highest BCUT2D eigenvalue weighted by molar-refractivity contribution is 6.07. The zero-order valence-corrected chi connectivity index (χ0v) is 20.9. The summed E-state index contributed by atoms with van der Waals surface area (Å²) in [7, 11) is 0. The number of amides is 1. The average Bonchev–Trinajstić information content (AvgIpc) is 3.33.